The minimum atomic E-state index is -0.0717. The van der Waals surface area contributed by atoms with Crippen LogP contribution in [0.5, 0.6) is 11.5 Å². The fraction of sp³-hybridized carbons (Fsp3) is 0.538. The number of phenolic OH excluding ortho intramolecular Hbond substituents is 1. The third-order valence-electron chi connectivity index (χ3n) is 3.52. The van der Waals surface area contributed by atoms with Crippen molar-refractivity contribution in [3.63, 3.8) is 0 Å². The van der Waals surface area contributed by atoms with E-state index >= 15 is 0 Å². The molecule has 1 aliphatic rings. The van der Waals surface area contributed by atoms with Gasteiger partial charge in [-0.05, 0) is 24.8 Å². The molecular weight excluding hydrogens is 238 g/mol. The second-order valence-corrected chi connectivity index (χ2v) is 4.47. The molecule has 17 heavy (non-hydrogen) atoms. The highest BCUT2D eigenvalue weighted by Crippen LogP contribution is 2.40. The van der Waals surface area contributed by atoms with Gasteiger partial charge in [0, 0.05) is 11.6 Å². The fourth-order valence-electron chi connectivity index (χ4n) is 2.54. The lowest BCUT2D eigenvalue weighted by atomic mass is 9.92. The molecule has 2 rings (SSSR count). The van der Waals surface area contributed by atoms with Crippen molar-refractivity contribution >= 4 is 12.4 Å². The summed E-state index contributed by atoms with van der Waals surface area (Å²) < 4.78 is 5.09. The third-order valence-corrected chi connectivity index (χ3v) is 3.52. The van der Waals surface area contributed by atoms with Crippen LogP contribution in [0, 0.1) is 5.92 Å². The molecule has 3 N–H and O–H groups in total. The van der Waals surface area contributed by atoms with E-state index in [1.165, 1.54) is 12.8 Å². The van der Waals surface area contributed by atoms with E-state index in [0.29, 0.717) is 11.7 Å². The van der Waals surface area contributed by atoms with Gasteiger partial charge in [-0.15, -0.1) is 12.4 Å². The number of phenols is 1. The maximum atomic E-state index is 10.0. The van der Waals surface area contributed by atoms with Crippen molar-refractivity contribution < 1.29 is 9.84 Å². The number of hydrogen-bond acceptors (Lipinski definition) is 3. The number of aromatic hydroxyl groups is 1. The Morgan fingerprint density at radius 3 is 2.59 bits per heavy atom. The summed E-state index contributed by atoms with van der Waals surface area (Å²) in [6.07, 6.45) is 4.84. The van der Waals surface area contributed by atoms with Crippen LogP contribution < -0.4 is 10.5 Å². The zero-order chi connectivity index (χ0) is 11.5. The highest BCUT2D eigenvalue weighted by Gasteiger charge is 2.25. The van der Waals surface area contributed by atoms with E-state index in [1.54, 1.807) is 13.2 Å². The van der Waals surface area contributed by atoms with Crippen molar-refractivity contribution in [3.8, 4) is 11.5 Å². The van der Waals surface area contributed by atoms with Gasteiger partial charge in [-0.25, -0.2) is 0 Å². The van der Waals surface area contributed by atoms with E-state index in [9.17, 15) is 5.11 Å². The number of methoxy groups -OCH3 is 1. The molecule has 1 aliphatic carbocycles. The van der Waals surface area contributed by atoms with Crippen LogP contribution in [-0.2, 0) is 0 Å². The zero-order valence-corrected chi connectivity index (χ0v) is 10.9. The number of ether oxygens (including phenoxy) is 1. The molecule has 0 bridgehead atoms. The number of benzene rings is 1. The van der Waals surface area contributed by atoms with Crippen molar-refractivity contribution in [3.05, 3.63) is 23.8 Å². The Morgan fingerprint density at radius 2 is 2.00 bits per heavy atom. The number of nitrogens with two attached hydrogens (primary N) is 1. The smallest absolute Gasteiger partial charge is 0.162 e. The Labute approximate surface area is 108 Å². The Morgan fingerprint density at radius 1 is 1.35 bits per heavy atom. The van der Waals surface area contributed by atoms with Crippen LogP contribution in [0.25, 0.3) is 0 Å². The van der Waals surface area contributed by atoms with E-state index in [-0.39, 0.29) is 24.2 Å². The van der Waals surface area contributed by atoms with E-state index < -0.39 is 0 Å². The summed E-state index contributed by atoms with van der Waals surface area (Å²) in [7, 11) is 1.56. The molecule has 0 unspecified atom stereocenters. The molecule has 0 heterocycles. The number of rotatable bonds is 3. The van der Waals surface area contributed by atoms with Gasteiger partial charge < -0.3 is 15.6 Å². The predicted molar refractivity (Wildman–Crippen MR) is 70.8 cm³/mol. The predicted octanol–water partition coefficient (Wildman–Crippen LogP) is 3.01. The summed E-state index contributed by atoms with van der Waals surface area (Å²) in [4.78, 5) is 0. The molecule has 0 amide bonds. The molecule has 1 atom stereocenters. The number of para-hydroxylation sites is 1. The zero-order valence-electron chi connectivity index (χ0n) is 10.1. The molecule has 1 fully saturated rings. The summed E-state index contributed by atoms with van der Waals surface area (Å²) >= 11 is 0. The maximum absolute atomic E-state index is 10.0. The Kier molecular flexibility index (Phi) is 5.09. The molecule has 1 aromatic rings. The molecular formula is C13H20ClNO2. The average molecular weight is 258 g/mol. The molecule has 0 aromatic heterocycles. The minimum absolute atomic E-state index is 0. The highest BCUT2D eigenvalue weighted by molar-refractivity contribution is 5.85. The summed E-state index contributed by atoms with van der Waals surface area (Å²) in [5.41, 5.74) is 7.02. The molecule has 1 aromatic carbocycles. The second kappa shape index (κ2) is 6.12. The van der Waals surface area contributed by atoms with Crippen LogP contribution in [0.3, 0.4) is 0 Å². The van der Waals surface area contributed by atoms with Crippen molar-refractivity contribution in [2.75, 3.05) is 7.11 Å². The minimum Gasteiger partial charge on any atom is -0.504 e. The molecule has 1 saturated carbocycles. The summed E-state index contributed by atoms with van der Waals surface area (Å²) in [6.45, 7) is 0. The van der Waals surface area contributed by atoms with Gasteiger partial charge in [0.25, 0.3) is 0 Å². The van der Waals surface area contributed by atoms with Crippen LogP contribution >= 0.6 is 12.4 Å². The molecule has 96 valence electrons. The third kappa shape index (κ3) is 2.85. The lowest BCUT2D eigenvalue weighted by Crippen LogP contribution is -2.19. The molecule has 0 spiro atoms. The standard InChI is InChI=1S/C13H19NO2.ClH/c1-16-11-8-4-7-10(13(11)15)12(14)9-5-2-3-6-9;/h4,7-9,12,15H,2-3,5-6,14H2,1H3;1H/t12-;/m0./s1. The lowest BCUT2D eigenvalue weighted by Gasteiger charge is -2.21. The van der Waals surface area contributed by atoms with Crippen molar-refractivity contribution in [2.24, 2.45) is 11.7 Å². The van der Waals surface area contributed by atoms with Gasteiger partial charge in [0.15, 0.2) is 11.5 Å². The first kappa shape index (κ1) is 14.1. The Bertz CT molecular complexity index is 364. The molecule has 3 nitrogen and oxygen atoms in total. The normalized spacial score (nSPS) is 17.5. The molecule has 0 saturated heterocycles. The summed E-state index contributed by atoms with van der Waals surface area (Å²) in [5, 5.41) is 10.0. The Balaban J connectivity index is 0.00000144. The first-order valence-corrected chi connectivity index (χ1v) is 5.85. The van der Waals surface area contributed by atoms with Crippen LogP contribution in [0.1, 0.15) is 37.3 Å². The van der Waals surface area contributed by atoms with E-state index in [0.717, 1.165) is 18.4 Å². The van der Waals surface area contributed by atoms with Crippen molar-refractivity contribution in [1.29, 1.82) is 0 Å². The van der Waals surface area contributed by atoms with Crippen LogP contribution in [0.4, 0.5) is 0 Å². The topological polar surface area (TPSA) is 55.5 Å². The fourth-order valence-corrected chi connectivity index (χ4v) is 2.54. The van der Waals surface area contributed by atoms with E-state index in [4.69, 9.17) is 10.5 Å². The van der Waals surface area contributed by atoms with Gasteiger partial charge in [0.1, 0.15) is 0 Å². The SMILES string of the molecule is COc1cccc([C@@H](N)C2CCCC2)c1O.Cl. The van der Waals surface area contributed by atoms with Crippen LogP contribution in [0.15, 0.2) is 18.2 Å². The summed E-state index contributed by atoms with van der Waals surface area (Å²) in [5.74, 6) is 1.20. The van der Waals surface area contributed by atoms with Crippen LogP contribution in [0.2, 0.25) is 0 Å². The molecule has 0 radical (unpaired) electrons. The van der Waals surface area contributed by atoms with Crippen LogP contribution in [-0.4, -0.2) is 12.2 Å². The second-order valence-electron chi connectivity index (χ2n) is 4.47. The van der Waals surface area contributed by atoms with Gasteiger partial charge in [-0.3, -0.25) is 0 Å². The average Bonchev–Trinajstić information content (AvgIpc) is 2.82. The molecule has 4 heteroatoms. The molecule has 0 aliphatic heterocycles. The number of hydrogen-bond donors (Lipinski definition) is 2. The Hall–Kier alpha value is -0.930. The van der Waals surface area contributed by atoms with Crippen molar-refractivity contribution in [2.45, 2.75) is 31.7 Å². The van der Waals surface area contributed by atoms with Gasteiger partial charge in [-0.2, -0.15) is 0 Å². The number of halogens is 1. The first-order chi connectivity index (χ1) is 7.74. The largest absolute Gasteiger partial charge is 0.504 e. The van der Waals surface area contributed by atoms with Gasteiger partial charge in [-0.1, -0.05) is 25.0 Å². The van der Waals surface area contributed by atoms with E-state index in [1.807, 2.05) is 12.1 Å². The quantitative estimate of drug-likeness (QED) is 0.875. The van der Waals surface area contributed by atoms with Gasteiger partial charge >= 0.3 is 0 Å². The van der Waals surface area contributed by atoms with Gasteiger partial charge in [0.05, 0.1) is 7.11 Å². The first-order valence-electron chi connectivity index (χ1n) is 5.85. The maximum Gasteiger partial charge on any atom is 0.162 e. The summed E-state index contributed by atoms with van der Waals surface area (Å²) in [6, 6.07) is 5.45. The van der Waals surface area contributed by atoms with E-state index in [2.05, 4.69) is 0 Å². The highest BCUT2D eigenvalue weighted by atomic mass is 35.5. The lowest BCUT2D eigenvalue weighted by molar-refractivity contribution is 0.360. The van der Waals surface area contributed by atoms with Gasteiger partial charge in [0.2, 0.25) is 0 Å². The van der Waals surface area contributed by atoms with Crippen molar-refractivity contribution in [1.82, 2.24) is 0 Å². The monoisotopic (exact) mass is 257 g/mol.